The minimum Gasteiger partial charge on any atom is -0.493 e. The standard InChI is InChI=1S/C21H25NO4/c1-14-8-5-6-11-18(14)25-13-12-19(23)26-17(4)21(24)22-20-15(2)9-7-10-16(20)3/h5-11,17H,12-13H2,1-4H3,(H,22,24)/t17-/m1/s1. The van der Waals surface area contributed by atoms with E-state index in [0.29, 0.717) is 0 Å². The van der Waals surface area contributed by atoms with Gasteiger partial charge < -0.3 is 14.8 Å². The summed E-state index contributed by atoms with van der Waals surface area (Å²) in [7, 11) is 0. The van der Waals surface area contributed by atoms with Crippen molar-refractivity contribution in [3.63, 3.8) is 0 Å². The highest BCUT2D eigenvalue weighted by Crippen LogP contribution is 2.20. The van der Waals surface area contributed by atoms with Crippen LogP contribution in [0.1, 0.15) is 30.0 Å². The van der Waals surface area contributed by atoms with Crippen LogP contribution >= 0.6 is 0 Å². The van der Waals surface area contributed by atoms with Crippen molar-refractivity contribution in [3.05, 3.63) is 59.2 Å². The highest BCUT2D eigenvalue weighted by atomic mass is 16.5. The maximum Gasteiger partial charge on any atom is 0.310 e. The summed E-state index contributed by atoms with van der Waals surface area (Å²) in [5, 5.41) is 2.83. The van der Waals surface area contributed by atoms with Crippen molar-refractivity contribution in [3.8, 4) is 5.75 Å². The Kier molecular flexibility index (Phi) is 6.78. The molecule has 5 heteroatoms. The Morgan fingerprint density at radius 1 is 0.962 bits per heavy atom. The molecular weight excluding hydrogens is 330 g/mol. The number of amides is 1. The highest BCUT2D eigenvalue weighted by molar-refractivity contribution is 5.96. The number of carbonyl (C=O) groups is 2. The van der Waals surface area contributed by atoms with Crippen molar-refractivity contribution in [1.82, 2.24) is 0 Å². The summed E-state index contributed by atoms with van der Waals surface area (Å²) >= 11 is 0. The van der Waals surface area contributed by atoms with Crippen LogP contribution in [0, 0.1) is 20.8 Å². The van der Waals surface area contributed by atoms with Crippen LogP contribution in [-0.2, 0) is 14.3 Å². The van der Waals surface area contributed by atoms with Crippen molar-refractivity contribution in [1.29, 1.82) is 0 Å². The number of rotatable bonds is 7. The lowest BCUT2D eigenvalue weighted by Gasteiger charge is -2.16. The summed E-state index contributed by atoms with van der Waals surface area (Å²) in [6.45, 7) is 7.54. The number of ether oxygens (including phenoxy) is 2. The number of anilines is 1. The van der Waals surface area contributed by atoms with Crippen molar-refractivity contribution in [2.75, 3.05) is 11.9 Å². The number of esters is 1. The average Bonchev–Trinajstić information content (AvgIpc) is 2.59. The Morgan fingerprint density at radius 2 is 1.58 bits per heavy atom. The van der Waals surface area contributed by atoms with Crippen LogP contribution in [0.4, 0.5) is 5.69 Å². The third-order valence-corrected chi connectivity index (χ3v) is 4.06. The zero-order chi connectivity index (χ0) is 19.1. The summed E-state index contributed by atoms with van der Waals surface area (Å²) in [4.78, 5) is 24.2. The number of para-hydroxylation sites is 2. The molecule has 0 aromatic heterocycles. The van der Waals surface area contributed by atoms with Crippen LogP contribution in [0.5, 0.6) is 5.75 Å². The van der Waals surface area contributed by atoms with Crippen LogP contribution in [0.25, 0.3) is 0 Å². The Morgan fingerprint density at radius 3 is 2.23 bits per heavy atom. The van der Waals surface area contributed by atoms with Crippen molar-refractivity contribution < 1.29 is 19.1 Å². The molecule has 0 spiro atoms. The first-order chi connectivity index (χ1) is 12.4. The monoisotopic (exact) mass is 355 g/mol. The summed E-state index contributed by atoms with van der Waals surface area (Å²) in [6.07, 6.45) is -0.796. The molecule has 0 radical (unpaired) electrons. The lowest BCUT2D eigenvalue weighted by Crippen LogP contribution is -2.30. The summed E-state index contributed by atoms with van der Waals surface area (Å²) < 4.78 is 10.8. The van der Waals surface area contributed by atoms with E-state index in [4.69, 9.17) is 9.47 Å². The van der Waals surface area contributed by atoms with Gasteiger partial charge in [-0.25, -0.2) is 0 Å². The van der Waals surface area contributed by atoms with E-state index in [-0.39, 0.29) is 18.9 Å². The average molecular weight is 355 g/mol. The molecule has 0 heterocycles. The predicted molar refractivity (Wildman–Crippen MR) is 101 cm³/mol. The normalized spacial score (nSPS) is 11.5. The van der Waals surface area contributed by atoms with E-state index in [0.717, 1.165) is 28.1 Å². The van der Waals surface area contributed by atoms with Crippen LogP contribution in [0.15, 0.2) is 42.5 Å². The molecule has 2 rings (SSSR count). The molecule has 1 atom stereocenters. The molecule has 1 N–H and O–H groups in total. The molecule has 1 amide bonds. The molecule has 0 aliphatic carbocycles. The minimum absolute atomic E-state index is 0.0787. The molecule has 5 nitrogen and oxygen atoms in total. The van der Waals surface area contributed by atoms with Crippen LogP contribution in [-0.4, -0.2) is 24.6 Å². The zero-order valence-corrected chi connectivity index (χ0v) is 15.7. The van der Waals surface area contributed by atoms with Crippen molar-refractivity contribution >= 4 is 17.6 Å². The van der Waals surface area contributed by atoms with Gasteiger partial charge in [-0.1, -0.05) is 36.4 Å². The first-order valence-electron chi connectivity index (χ1n) is 8.63. The second-order valence-corrected chi connectivity index (χ2v) is 6.25. The zero-order valence-electron chi connectivity index (χ0n) is 15.7. The highest BCUT2D eigenvalue weighted by Gasteiger charge is 2.19. The third-order valence-electron chi connectivity index (χ3n) is 4.06. The number of nitrogens with one attached hydrogen (secondary N) is 1. The predicted octanol–water partition coefficient (Wildman–Crippen LogP) is 3.95. The first-order valence-corrected chi connectivity index (χ1v) is 8.63. The van der Waals surface area contributed by atoms with E-state index in [1.165, 1.54) is 0 Å². The van der Waals surface area contributed by atoms with Crippen LogP contribution in [0.2, 0.25) is 0 Å². The SMILES string of the molecule is Cc1ccccc1OCCC(=O)O[C@H](C)C(=O)Nc1c(C)cccc1C. The fraction of sp³-hybridized carbons (Fsp3) is 0.333. The lowest BCUT2D eigenvalue weighted by molar-refractivity contribution is -0.153. The van der Waals surface area contributed by atoms with Crippen LogP contribution < -0.4 is 10.1 Å². The van der Waals surface area contributed by atoms with Gasteiger partial charge in [-0.2, -0.15) is 0 Å². The Hall–Kier alpha value is -2.82. The Labute approximate surface area is 154 Å². The first kappa shape index (κ1) is 19.5. The van der Waals surface area contributed by atoms with Gasteiger partial charge in [0.05, 0.1) is 13.0 Å². The summed E-state index contributed by atoms with van der Waals surface area (Å²) in [5.74, 6) is -0.0839. The molecule has 26 heavy (non-hydrogen) atoms. The van der Waals surface area contributed by atoms with Crippen LogP contribution in [0.3, 0.4) is 0 Å². The fourth-order valence-electron chi connectivity index (χ4n) is 2.51. The van der Waals surface area contributed by atoms with E-state index in [2.05, 4.69) is 5.32 Å². The quantitative estimate of drug-likeness (QED) is 0.764. The van der Waals surface area contributed by atoms with E-state index < -0.39 is 12.1 Å². The van der Waals surface area contributed by atoms with Gasteiger partial charge in [0.1, 0.15) is 5.75 Å². The summed E-state index contributed by atoms with van der Waals surface area (Å²) in [6, 6.07) is 13.4. The number of aryl methyl sites for hydroxylation is 3. The van der Waals surface area contributed by atoms with Gasteiger partial charge >= 0.3 is 5.97 Å². The van der Waals surface area contributed by atoms with Gasteiger partial charge in [0.25, 0.3) is 5.91 Å². The van der Waals surface area contributed by atoms with E-state index in [1.54, 1.807) is 6.92 Å². The Balaban J connectivity index is 1.81. The molecule has 0 aliphatic heterocycles. The van der Waals surface area contributed by atoms with Gasteiger partial charge in [0, 0.05) is 5.69 Å². The molecule has 0 saturated carbocycles. The molecule has 0 bridgehead atoms. The molecule has 2 aromatic rings. The lowest BCUT2D eigenvalue weighted by atomic mass is 10.1. The second kappa shape index (κ2) is 9.04. The number of carbonyl (C=O) groups excluding carboxylic acids is 2. The molecule has 2 aromatic carbocycles. The number of hydrogen-bond acceptors (Lipinski definition) is 4. The maximum atomic E-state index is 12.3. The van der Waals surface area contributed by atoms with E-state index in [9.17, 15) is 9.59 Å². The molecule has 0 saturated heterocycles. The minimum atomic E-state index is -0.875. The number of benzene rings is 2. The van der Waals surface area contributed by atoms with Gasteiger partial charge in [0.2, 0.25) is 0 Å². The van der Waals surface area contributed by atoms with Crippen molar-refractivity contribution in [2.24, 2.45) is 0 Å². The van der Waals surface area contributed by atoms with Crippen molar-refractivity contribution in [2.45, 2.75) is 40.2 Å². The van der Waals surface area contributed by atoms with E-state index in [1.807, 2.05) is 63.2 Å². The molecule has 0 aliphatic rings. The topological polar surface area (TPSA) is 64.6 Å². The summed E-state index contributed by atoms with van der Waals surface area (Å²) in [5.41, 5.74) is 3.68. The molecule has 138 valence electrons. The smallest absolute Gasteiger partial charge is 0.310 e. The molecular formula is C21H25NO4. The molecule has 0 fully saturated rings. The third kappa shape index (κ3) is 5.34. The van der Waals surface area contributed by atoms with E-state index >= 15 is 0 Å². The maximum absolute atomic E-state index is 12.3. The van der Waals surface area contributed by atoms with Gasteiger partial charge in [0.15, 0.2) is 6.10 Å². The largest absolute Gasteiger partial charge is 0.493 e. The second-order valence-electron chi connectivity index (χ2n) is 6.25. The van der Waals surface area contributed by atoms with Gasteiger partial charge in [-0.05, 0) is 50.5 Å². The molecule has 0 unspecified atom stereocenters. The Bertz CT molecular complexity index is 765. The van der Waals surface area contributed by atoms with Gasteiger partial charge in [-0.15, -0.1) is 0 Å². The fourth-order valence-corrected chi connectivity index (χ4v) is 2.51. The number of hydrogen-bond donors (Lipinski definition) is 1. The van der Waals surface area contributed by atoms with Gasteiger partial charge in [-0.3, -0.25) is 9.59 Å².